The number of ether oxygens (including phenoxy) is 1. The number of imidazole rings is 1. The first-order valence-electron chi connectivity index (χ1n) is 5.68. The van der Waals surface area contributed by atoms with E-state index < -0.39 is 0 Å². The minimum absolute atomic E-state index is 0.597. The first kappa shape index (κ1) is 11.0. The van der Waals surface area contributed by atoms with E-state index in [1.165, 1.54) is 0 Å². The van der Waals surface area contributed by atoms with Crippen LogP contribution in [0.25, 0.3) is 11.0 Å². The molecule has 86 valence electrons. The van der Waals surface area contributed by atoms with E-state index in [4.69, 9.17) is 4.74 Å². The molecule has 2 aromatic rings. The molecule has 2 N–H and O–H groups in total. The monoisotopic (exact) mass is 219 g/mol. The molecule has 4 heteroatoms. The van der Waals surface area contributed by atoms with Gasteiger partial charge in [-0.3, -0.25) is 0 Å². The first-order valence-corrected chi connectivity index (χ1v) is 5.68. The van der Waals surface area contributed by atoms with Gasteiger partial charge in [-0.2, -0.15) is 4.98 Å². The van der Waals surface area contributed by atoms with Crippen molar-refractivity contribution in [3.05, 3.63) is 24.3 Å². The average Bonchev–Trinajstić information content (AvgIpc) is 2.71. The number of rotatable bonds is 6. The van der Waals surface area contributed by atoms with Crippen molar-refractivity contribution >= 4 is 11.0 Å². The maximum atomic E-state index is 5.51. The van der Waals surface area contributed by atoms with Gasteiger partial charge in [-0.1, -0.05) is 19.1 Å². The zero-order valence-corrected chi connectivity index (χ0v) is 9.49. The highest BCUT2D eigenvalue weighted by atomic mass is 16.5. The quantitative estimate of drug-likeness (QED) is 0.730. The fourth-order valence-corrected chi connectivity index (χ4v) is 1.52. The Balaban J connectivity index is 1.85. The summed E-state index contributed by atoms with van der Waals surface area (Å²) in [5.74, 6) is 0. The SMILES string of the molecule is CCCNCCOc1nc2ccccc2[nH]1. The number of nitrogens with zero attached hydrogens (tertiary/aromatic N) is 1. The number of benzene rings is 1. The molecule has 0 atom stereocenters. The Morgan fingerprint density at radius 1 is 1.31 bits per heavy atom. The number of fused-ring (bicyclic) bond motifs is 1. The van der Waals surface area contributed by atoms with E-state index in [0.29, 0.717) is 12.6 Å². The minimum Gasteiger partial charge on any atom is -0.463 e. The Morgan fingerprint density at radius 2 is 2.19 bits per heavy atom. The van der Waals surface area contributed by atoms with E-state index in [1.807, 2.05) is 24.3 Å². The smallest absolute Gasteiger partial charge is 0.294 e. The van der Waals surface area contributed by atoms with Crippen LogP contribution in [0, 0.1) is 0 Å². The van der Waals surface area contributed by atoms with Crippen molar-refractivity contribution in [2.75, 3.05) is 19.7 Å². The van der Waals surface area contributed by atoms with Gasteiger partial charge in [-0.15, -0.1) is 0 Å². The number of H-pyrrole nitrogens is 1. The van der Waals surface area contributed by atoms with Crippen LogP contribution < -0.4 is 10.1 Å². The highest BCUT2D eigenvalue weighted by molar-refractivity contribution is 5.75. The molecule has 0 unspecified atom stereocenters. The van der Waals surface area contributed by atoms with E-state index in [0.717, 1.165) is 30.5 Å². The van der Waals surface area contributed by atoms with Crippen molar-refractivity contribution < 1.29 is 4.74 Å². The second kappa shape index (κ2) is 5.51. The fraction of sp³-hybridized carbons (Fsp3) is 0.417. The van der Waals surface area contributed by atoms with Crippen molar-refractivity contribution in [1.29, 1.82) is 0 Å². The summed E-state index contributed by atoms with van der Waals surface area (Å²) in [5, 5.41) is 3.27. The zero-order valence-electron chi connectivity index (χ0n) is 9.49. The number of aromatic amines is 1. The molecular formula is C12H17N3O. The van der Waals surface area contributed by atoms with Crippen LogP contribution in [0.15, 0.2) is 24.3 Å². The predicted molar refractivity (Wildman–Crippen MR) is 64.7 cm³/mol. The minimum atomic E-state index is 0.597. The number of para-hydroxylation sites is 2. The number of hydrogen-bond acceptors (Lipinski definition) is 3. The van der Waals surface area contributed by atoms with E-state index in [2.05, 4.69) is 22.2 Å². The van der Waals surface area contributed by atoms with Crippen LogP contribution >= 0.6 is 0 Å². The first-order chi connectivity index (χ1) is 7.90. The molecule has 1 heterocycles. The van der Waals surface area contributed by atoms with Gasteiger partial charge in [-0.25, -0.2) is 0 Å². The van der Waals surface area contributed by atoms with Gasteiger partial charge in [0.15, 0.2) is 0 Å². The molecule has 1 aromatic carbocycles. The molecule has 0 fully saturated rings. The number of nitrogens with one attached hydrogen (secondary N) is 2. The molecule has 0 spiro atoms. The lowest BCUT2D eigenvalue weighted by Gasteiger charge is -2.03. The Morgan fingerprint density at radius 3 is 3.00 bits per heavy atom. The summed E-state index contributed by atoms with van der Waals surface area (Å²) in [6, 6.07) is 8.50. The lowest BCUT2D eigenvalue weighted by molar-refractivity contribution is 0.294. The average molecular weight is 219 g/mol. The summed E-state index contributed by atoms with van der Waals surface area (Å²) in [6.45, 7) is 4.67. The summed E-state index contributed by atoms with van der Waals surface area (Å²) in [6.07, 6.45) is 1.14. The van der Waals surface area contributed by atoms with Crippen LogP contribution in [0.4, 0.5) is 0 Å². The topological polar surface area (TPSA) is 49.9 Å². The van der Waals surface area contributed by atoms with Crippen LogP contribution in [-0.2, 0) is 0 Å². The predicted octanol–water partition coefficient (Wildman–Crippen LogP) is 1.94. The molecular weight excluding hydrogens is 202 g/mol. The third-order valence-corrected chi connectivity index (χ3v) is 2.31. The molecule has 0 bridgehead atoms. The molecule has 0 radical (unpaired) electrons. The van der Waals surface area contributed by atoms with E-state index in [-0.39, 0.29) is 0 Å². The van der Waals surface area contributed by atoms with Crippen molar-refractivity contribution in [2.45, 2.75) is 13.3 Å². The largest absolute Gasteiger partial charge is 0.463 e. The molecule has 1 aromatic heterocycles. The van der Waals surface area contributed by atoms with E-state index in [9.17, 15) is 0 Å². The summed E-state index contributed by atoms with van der Waals surface area (Å²) in [5.41, 5.74) is 1.96. The molecule has 4 nitrogen and oxygen atoms in total. The van der Waals surface area contributed by atoms with Gasteiger partial charge >= 0.3 is 0 Å². The molecule has 0 aliphatic heterocycles. The third kappa shape index (κ3) is 2.73. The lowest BCUT2D eigenvalue weighted by atomic mass is 10.3. The van der Waals surface area contributed by atoms with Gasteiger partial charge in [0.05, 0.1) is 11.0 Å². The van der Waals surface area contributed by atoms with Crippen LogP contribution in [-0.4, -0.2) is 29.7 Å². The molecule has 0 amide bonds. The molecule has 0 saturated carbocycles. The Bertz CT molecular complexity index is 406. The summed E-state index contributed by atoms with van der Waals surface area (Å²) < 4.78 is 5.51. The highest BCUT2D eigenvalue weighted by Crippen LogP contribution is 2.14. The lowest BCUT2D eigenvalue weighted by Crippen LogP contribution is -2.21. The Hall–Kier alpha value is -1.55. The van der Waals surface area contributed by atoms with Crippen molar-refractivity contribution in [3.63, 3.8) is 0 Å². The second-order valence-corrected chi connectivity index (χ2v) is 3.66. The zero-order chi connectivity index (χ0) is 11.2. The standard InChI is InChI=1S/C12H17N3O/c1-2-7-13-8-9-16-12-14-10-5-3-4-6-11(10)15-12/h3-6,13H,2,7-9H2,1H3,(H,14,15). The Kier molecular flexibility index (Phi) is 3.77. The van der Waals surface area contributed by atoms with E-state index in [1.54, 1.807) is 0 Å². The summed E-state index contributed by atoms with van der Waals surface area (Å²) >= 11 is 0. The Labute approximate surface area is 95.0 Å². The van der Waals surface area contributed by atoms with Gasteiger partial charge in [0, 0.05) is 6.54 Å². The molecule has 0 aliphatic carbocycles. The highest BCUT2D eigenvalue weighted by Gasteiger charge is 2.01. The normalized spacial score (nSPS) is 10.8. The fourth-order valence-electron chi connectivity index (χ4n) is 1.52. The van der Waals surface area contributed by atoms with Crippen LogP contribution in [0.1, 0.15) is 13.3 Å². The number of hydrogen-bond donors (Lipinski definition) is 2. The summed E-state index contributed by atoms with van der Waals surface area (Å²) in [4.78, 5) is 7.45. The van der Waals surface area contributed by atoms with Crippen molar-refractivity contribution in [1.82, 2.24) is 15.3 Å². The molecule has 16 heavy (non-hydrogen) atoms. The van der Waals surface area contributed by atoms with Crippen LogP contribution in [0.3, 0.4) is 0 Å². The van der Waals surface area contributed by atoms with Gasteiger partial charge < -0.3 is 15.0 Å². The van der Waals surface area contributed by atoms with Gasteiger partial charge in [-0.05, 0) is 25.1 Å². The van der Waals surface area contributed by atoms with Crippen molar-refractivity contribution in [3.8, 4) is 6.01 Å². The van der Waals surface area contributed by atoms with Gasteiger partial charge in [0.25, 0.3) is 6.01 Å². The van der Waals surface area contributed by atoms with Crippen molar-refractivity contribution in [2.24, 2.45) is 0 Å². The van der Waals surface area contributed by atoms with Gasteiger partial charge in [0.1, 0.15) is 6.61 Å². The van der Waals surface area contributed by atoms with Crippen LogP contribution in [0.2, 0.25) is 0 Å². The second-order valence-electron chi connectivity index (χ2n) is 3.66. The van der Waals surface area contributed by atoms with Gasteiger partial charge in [0.2, 0.25) is 0 Å². The van der Waals surface area contributed by atoms with Crippen LogP contribution in [0.5, 0.6) is 6.01 Å². The molecule has 2 rings (SSSR count). The maximum Gasteiger partial charge on any atom is 0.294 e. The molecule has 0 aliphatic rings. The number of aromatic nitrogens is 2. The summed E-state index contributed by atoms with van der Waals surface area (Å²) in [7, 11) is 0. The molecule has 0 saturated heterocycles. The van der Waals surface area contributed by atoms with E-state index >= 15 is 0 Å². The third-order valence-electron chi connectivity index (χ3n) is 2.31. The maximum absolute atomic E-state index is 5.51.